The summed E-state index contributed by atoms with van der Waals surface area (Å²) in [7, 11) is 4.01. The number of benzene rings is 1. The zero-order valence-corrected chi connectivity index (χ0v) is 18.9. The molecule has 1 fully saturated rings. The molecule has 0 spiro atoms. The van der Waals surface area contributed by atoms with Crippen molar-refractivity contribution >= 4 is 23.3 Å². The molecule has 0 saturated heterocycles. The molecule has 29 heavy (non-hydrogen) atoms. The van der Waals surface area contributed by atoms with E-state index >= 15 is 0 Å². The van der Waals surface area contributed by atoms with Crippen LogP contribution in [0.4, 0.5) is 16.2 Å². The van der Waals surface area contributed by atoms with Gasteiger partial charge in [-0.3, -0.25) is 4.79 Å². The third kappa shape index (κ3) is 6.65. The number of hydrogen-bond donors (Lipinski definition) is 2. The summed E-state index contributed by atoms with van der Waals surface area (Å²) >= 11 is 0. The number of carbonyl (C=O) groups is 2. The van der Waals surface area contributed by atoms with E-state index in [9.17, 15) is 9.59 Å². The molecule has 1 aliphatic carbocycles. The van der Waals surface area contributed by atoms with E-state index < -0.39 is 0 Å². The van der Waals surface area contributed by atoms with Crippen LogP contribution in [0.3, 0.4) is 0 Å². The molecular formula is C23H38N4O2. The Balaban J connectivity index is 2.33. The SMILES string of the molecule is CC(C)NC(=O)N(Cc1cc(NC(=O)C(C)C)ccc1N(C)C)C1CCCCC1. The summed E-state index contributed by atoms with van der Waals surface area (Å²) in [5.41, 5.74) is 2.88. The molecule has 0 bridgehead atoms. The Hall–Kier alpha value is -2.24. The molecule has 0 radical (unpaired) electrons. The highest BCUT2D eigenvalue weighted by atomic mass is 16.2. The second-order valence-corrected chi connectivity index (χ2v) is 8.91. The number of carbonyl (C=O) groups excluding carboxylic acids is 2. The van der Waals surface area contributed by atoms with Gasteiger partial charge in [-0.25, -0.2) is 4.79 Å². The van der Waals surface area contributed by atoms with Crippen molar-refractivity contribution < 1.29 is 9.59 Å². The predicted molar refractivity (Wildman–Crippen MR) is 120 cm³/mol. The Morgan fingerprint density at radius 1 is 1.07 bits per heavy atom. The van der Waals surface area contributed by atoms with Gasteiger partial charge in [0.25, 0.3) is 0 Å². The van der Waals surface area contributed by atoms with Crippen molar-refractivity contribution in [1.29, 1.82) is 0 Å². The van der Waals surface area contributed by atoms with Crippen LogP contribution in [-0.2, 0) is 11.3 Å². The molecule has 0 aromatic heterocycles. The molecule has 0 unspecified atom stereocenters. The number of anilines is 2. The van der Waals surface area contributed by atoms with Gasteiger partial charge < -0.3 is 20.4 Å². The third-order valence-corrected chi connectivity index (χ3v) is 5.38. The van der Waals surface area contributed by atoms with Crippen molar-refractivity contribution in [3.05, 3.63) is 23.8 Å². The van der Waals surface area contributed by atoms with Crippen molar-refractivity contribution in [2.45, 2.75) is 78.4 Å². The normalized spacial score (nSPS) is 14.8. The average molecular weight is 403 g/mol. The molecule has 0 atom stereocenters. The molecule has 0 aliphatic heterocycles. The highest BCUT2D eigenvalue weighted by Crippen LogP contribution is 2.29. The molecule has 3 amide bonds. The van der Waals surface area contributed by atoms with Crippen molar-refractivity contribution in [2.75, 3.05) is 24.3 Å². The number of amides is 3. The second kappa shape index (κ2) is 10.5. The van der Waals surface area contributed by atoms with Crippen LogP contribution in [0, 0.1) is 5.92 Å². The van der Waals surface area contributed by atoms with Crippen molar-refractivity contribution in [1.82, 2.24) is 10.2 Å². The molecule has 1 saturated carbocycles. The van der Waals surface area contributed by atoms with E-state index in [4.69, 9.17) is 0 Å². The molecule has 1 aromatic rings. The van der Waals surface area contributed by atoms with Gasteiger partial charge >= 0.3 is 6.03 Å². The molecule has 2 rings (SSSR count). The lowest BCUT2D eigenvalue weighted by molar-refractivity contribution is -0.118. The Morgan fingerprint density at radius 3 is 2.28 bits per heavy atom. The van der Waals surface area contributed by atoms with Gasteiger partial charge in [0.15, 0.2) is 0 Å². The minimum atomic E-state index is -0.0810. The largest absolute Gasteiger partial charge is 0.377 e. The van der Waals surface area contributed by atoms with Crippen LogP contribution in [-0.4, -0.2) is 43.0 Å². The lowest BCUT2D eigenvalue weighted by Gasteiger charge is -2.36. The van der Waals surface area contributed by atoms with Crippen LogP contribution in [0.15, 0.2) is 18.2 Å². The third-order valence-electron chi connectivity index (χ3n) is 5.38. The average Bonchev–Trinajstić information content (AvgIpc) is 2.66. The maximum Gasteiger partial charge on any atom is 0.318 e. The molecule has 6 heteroatoms. The zero-order valence-electron chi connectivity index (χ0n) is 18.9. The van der Waals surface area contributed by atoms with Gasteiger partial charge in [-0.15, -0.1) is 0 Å². The first-order valence-corrected chi connectivity index (χ1v) is 10.9. The fourth-order valence-electron chi connectivity index (χ4n) is 3.79. The minimum Gasteiger partial charge on any atom is -0.377 e. The van der Waals surface area contributed by atoms with Gasteiger partial charge in [0.2, 0.25) is 5.91 Å². The summed E-state index contributed by atoms with van der Waals surface area (Å²) in [4.78, 5) is 29.2. The van der Waals surface area contributed by atoms with Gasteiger partial charge in [0.05, 0.1) is 0 Å². The lowest BCUT2D eigenvalue weighted by atomic mass is 9.94. The number of nitrogens with zero attached hydrogens (tertiary/aromatic N) is 2. The van der Waals surface area contributed by atoms with E-state index in [1.807, 2.05) is 64.9 Å². The predicted octanol–water partition coefficient (Wildman–Crippen LogP) is 4.60. The number of nitrogens with one attached hydrogen (secondary N) is 2. The van der Waals surface area contributed by atoms with Crippen LogP contribution < -0.4 is 15.5 Å². The topological polar surface area (TPSA) is 64.7 Å². The summed E-state index contributed by atoms with van der Waals surface area (Å²) in [6, 6.07) is 6.30. The summed E-state index contributed by atoms with van der Waals surface area (Å²) in [5.74, 6) is -0.0854. The standard InChI is InChI=1S/C23H38N4O2/c1-16(2)22(28)25-19-12-13-21(26(5)6)18(14-19)15-27(23(29)24-17(3)4)20-10-8-7-9-11-20/h12-14,16-17,20H,7-11,15H2,1-6H3,(H,24,29)(H,25,28). The molecule has 6 nitrogen and oxygen atoms in total. The molecule has 2 N–H and O–H groups in total. The highest BCUT2D eigenvalue weighted by Gasteiger charge is 2.27. The Kier molecular flexibility index (Phi) is 8.35. The summed E-state index contributed by atoms with van der Waals surface area (Å²) in [5, 5.41) is 6.06. The Morgan fingerprint density at radius 2 is 1.72 bits per heavy atom. The maximum absolute atomic E-state index is 13.0. The molecular weight excluding hydrogens is 364 g/mol. The first-order chi connectivity index (χ1) is 13.7. The van der Waals surface area contributed by atoms with Gasteiger partial charge in [-0.2, -0.15) is 0 Å². The van der Waals surface area contributed by atoms with E-state index in [2.05, 4.69) is 15.5 Å². The Labute approximate surface area is 176 Å². The Bertz CT molecular complexity index is 694. The van der Waals surface area contributed by atoms with E-state index in [0.717, 1.165) is 29.8 Å². The lowest BCUT2D eigenvalue weighted by Crippen LogP contribution is -2.48. The fraction of sp³-hybridized carbons (Fsp3) is 0.652. The van der Waals surface area contributed by atoms with Crippen LogP contribution in [0.5, 0.6) is 0 Å². The molecule has 1 aromatic carbocycles. The van der Waals surface area contributed by atoms with Crippen molar-refractivity contribution in [2.24, 2.45) is 5.92 Å². The van der Waals surface area contributed by atoms with E-state index in [0.29, 0.717) is 6.54 Å². The van der Waals surface area contributed by atoms with Gasteiger partial charge in [-0.1, -0.05) is 33.1 Å². The van der Waals surface area contributed by atoms with E-state index in [-0.39, 0.29) is 29.9 Å². The number of hydrogen-bond acceptors (Lipinski definition) is 3. The first-order valence-electron chi connectivity index (χ1n) is 10.9. The maximum atomic E-state index is 13.0. The van der Waals surface area contributed by atoms with Gasteiger partial charge in [0.1, 0.15) is 0 Å². The summed E-state index contributed by atoms with van der Waals surface area (Å²) in [6.45, 7) is 8.27. The van der Waals surface area contributed by atoms with Crippen molar-refractivity contribution in [3.63, 3.8) is 0 Å². The minimum absolute atomic E-state index is 0.00441. The van der Waals surface area contributed by atoms with Crippen molar-refractivity contribution in [3.8, 4) is 0 Å². The summed E-state index contributed by atoms with van der Waals surface area (Å²) < 4.78 is 0. The molecule has 1 aliphatic rings. The zero-order chi connectivity index (χ0) is 21.6. The quantitative estimate of drug-likeness (QED) is 0.700. The molecule has 0 heterocycles. The van der Waals surface area contributed by atoms with Gasteiger partial charge in [0, 0.05) is 50.0 Å². The monoisotopic (exact) mass is 402 g/mol. The first kappa shape index (κ1) is 23.0. The van der Waals surface area contributed by atoms with Crippen LogP contribution in [0.1, 0.15) is 65.4 Å². The summed E-state index contributed by atoms with van der Waals surface area (Å²) in [6.07, 6.45) is 5.68. The fourth-order valence-corrected chi connectivity index (χ4v) is 3.79. The van der Waals surface area contributed by atoms with E-state index in [1.165, 1.54) is 19.3 Å². The van der Waals surface area contributed by atoms with Crippen LogP contribution in [0.2, 0.25) is 0 Å². The van der Waals surface area contributed by atoms with Gasteiger partial charge in [-0.05, 0) is 50.5 Å². The number of rotatable bonds is 7. The van der Waals surface area contributed by atoms with Crippen LogP contribution in [0.25, 0.3) is 0 Å². The second-order valence-electron chi connectivity index (χ2n) is 8.91. The molecule has 162 valence electrons. The van der Waals surface area contributed by atoms with E-state index in [1.54, 1.807) is 0 Å². The number of urea groups is 1. The smallest absolute Gasteiger partial charge is 0.318 e. The highest BCUT2D eigenvalue weighted by molar-refractivity contribution is 5.92. The van der Waals surface area contributed by atoms with Crippen LogP contribution >= 0.6 is 0 Å².